The van der Waals surface area contributed by atoms with Gasteiger partial charge in [0.2, 0.25) is 5.91 Å². The van der Waals surface area contributed by atoms with E-state index in [1.165, 1.54) is 11.0 Å². The number of benzene rings is 2. The zero-order chi connectivity index (χ0) is 22.9. The van der Waals surface area contributed by atoms with Crippen LogP contribution in [0.1, 0.15) is 36.5 Å². The number of nitriles is 1. The molecule has 0 bridgehead atoms. The molecule has 2 aromatic carbocycles. The Labute approximate surface area is 186 Å². The summed E-state index contributed by atoms with van der Waals surface area (Å²) in [6.45, 7) is 2.10. The number of amides is 2. The lowest BCUT2D eigenvalue weighted by Gasteiger charge is -2.22. The van der Waals surface area contributed by atoms with Gasteiger partial charge in [-0.3, -0.25) is 9.59 Å². The fourth-order valence-corrected chi connectivity index (χ4v) is 3.05. The SMILES string of the molecule is CCOc1ccc(N(CCC#N)C(=O)COC(=O)c2cccc(NC(=O)C3CC3)c2)cc1. The normalized spacial score (nSPS) is 12.4. The highest BCUT2D eigenvalue weighted by Gasteiger charge is 2.29. The molecule has 1 N–H and O–H groups in total. The van der Waals surface area contributed by atoms with Crippen molar-refractivity contribution < 1.29 is 23.9 Å². The van der Waals surface area contributed by atoms with Crippen molar-refractivity contribution in [3.8, 4) is 11.8 Å². The van der Waals surface area contributed by atoms with E-state index in [4.69, 9.17) is 14.7 Å². The molecule has 0 aromatic heterocycles. The molecule has 0 saturated heterocycles. The summed E-state index contributed by atoms with van der Waals surface area (Å²) in [5, 5.41) is 11.7. The molecule has 166 valence electrons. The fraction of sp³-hybridized carbons (Fsp3) is 0.333. The summed E-state index contributed by atoms with van der Waals surface area (Å²) in [6.07, 6.45) is 1.90. The van der Waals surface area contributed by atoms with Gasteiger partial charge in [0.05, 0.1) is 24.7 Å². The van der Waals surface area contributed by atoms with E-state index in [0.29, 0.717) is 23.7 Å². The zero-order valence-corrected chi connectivity index (χ0v) is 17.9. The van der Waals surface area contributed by atoms with Crippen LogP contribution in [0.4, 0.5) is 11.4 Å². The molecule has 0 heterocycles. The van der Waals surface area contributed by atoms with Gasteiger partial charge in [0, 0.05) is 23.8 Å². The topological polar surface area (TPSA) is 109 Å². The maximum Gasteiger partial charge on any atom is 0.338 e. The molecule has 2 aromatic rings. The van der Waals surface area contributed by atoms with E-state index >= 15 is 0 Å². The quantitative estimate of drug-likeness (QED) is 0.572. The molecule has 1 aliphatic carbocycles. The lowest BCUT2D eigenvalue weighted by molar-refractivity contribution is -0.121. The lowest BCUT2D eigenvalue weighted by Crippen LogP contribution is -2.35. The van der Waals surface area contributed by atoms with Gasteiger partial charge in [-0.1, -0.05) is 6.07 Å². The monoisotopic (exact) mass is 435 g/mol. The molecule has 2 amide bonds. The highest BCUT2D eigenvalue weighted by atomic mass is 16.5. The molecule has 8 nitrogen and oxygen atoms in total. The van der Waals surface area contributed by atoms with Crippen molar-refractivity contribution in [3.05, 3.63) is 54.1 Å². The summed E-state index contributed by atoms with van der Waals surface area (Å²) < 4.78 is 10.6. The summed E-state index contributed by atoms with van der Waals surface area (Å²) in [7, 11) is 0. The number of ether oxygens (including phenoxy) is 2. The van der Waals surface area contributed by atoms with Crippen LogP contribution in [-0.4, -0.2) is 37.5 Å². The van der Waals surface area contributed by atoms with E-state index in [2.05, 4.69) is 5.32 Å². The summed E-state index contributed by atoms with van der Waals surface area (Å²) >= 11 is 0. The largest absolute Gasteiger partial charge is 0.494 e. The first-order valence-corrected chi connectivity index (χ1v) is 10.5. The smallest absolute Gasteiger partial charge is 0.338 e. The van der Waals surface area contributed by atoms with Crippen LogP contribution in [-0.2, 0) is 14.3 Å². The molecule has 8 heteroatoms. The van der Waals surface area contributed by atoms with Crippen LogP contribution in [0.15, 0.2) is 48.5 Å². The second-order valence-electron chi connectivity index (χ2n) is 7.30. The molecule has 1 fully saturated rings. The summed E-state index contributed by atoms with van der Waals surface area (Å²) in [5.74, 6) is -0.466. The highest BCUT2D eigenvalue weighted by Crippen LogP contribution is 2.30. The average molecular weight is 435 g/mol. The number of anilines is 2. The Kier molecular flexibility index (Phi) is 7.81. The van der Waals surface area contributed by atoms with Gasteiger partial charge in [-0.05, 0) is 62.2 Å². The molecule has 0 spiro atoms. The lowest BCUT2D eigenvalue weighted by atomic mass is 10.2. The Hall–Kier alpha value is -3.86. The molecule has 0 aliphatic heterocycles. The first-order valence-electron chi connectivity index (χ1n) is 10.5. The van der Waals surface area contributed by atoms with Crippen LogP contribution in [0, 0.1) is 17.2 Å². The van der Waals surface area contributed by atoms with Gasteiger partial charge >= 0.3 is 5.97 Å². The fourth-order valence-electron chi connectivity index (χ4n) is 3.05. The minimum Gasteiger partial charge on any atom is -0.494 e. The van der Waals surface area contributed by atoms with E-state index in [9.17, 15) is 14.4 Å². The van der Waals surface area contributed by atoms with Crippen molar-refractivity contribution in [3.63, 3.8) is 0 Å². The van der Waals surface area contributed by atoms with Crippen LogP contribution < -0.4 is 15.0 Å². The third kappa shape index (κ3) is 6.32. The number of carbonyl (C=O) groups is 3. The van der Waals surface area contributed by atoms with Crippen molar-refractivity contribution >= 4 is 29.2 Å². The maximum atomic E-state index is 12.7. The van der Waals surface area contributed by atoms with Crippen molar-refractivity contribution in [2.75, 3.05) is 30.0 Å². The van der Waals surface area contributed by atoms with E-state index in [0.717, 1.165) is 12.8 Å². The number of rotatable bonds is 10. The highest BCUT2D eigenvalue weighted by molar-refractivity contribution is 5.98. The molecule has 0 radical (unpaired) electrons. The minimum atomic E-state index is -0.673. The van der Waals surface area contributed by atoms with Crippen LogP contribution in [0.25, 0.3) is 0 Å². The first kappa shape index (κ1) is 22.8. The standard InChI is InChI=1S/C24H25N3O5/c1-2-31-21-11-9-20(10-12-21)27(14-4-13-25)22(28)16-32-24(30)18-5-3-6-19(15-18)26-23(29)17-7-8-17/h3,5-6,9-12,15,17H,2,4,7-8,14,16H2,1H3,(H,26,29). The van der Waals surface area contributed by atoms with Gasteiger partial charge in [-0.2, -0.15) is 5.26 Å². The summed E-state index contributed by atoms with van der Waals surface area (Å²) in [5.41, 5.74) is 1.32. The van der Waals surface area contributed by atoms with Crippen LogP contribution in [0.5, 0.6) is 5.75 Å². The average Bonchev–Trinajstić information content (AvgIpc) is 3.65. The molecule has 0 atom stereocenters. The maximum absolute atomic E-state index is 12.7. The van der Waals surface area contributed by atoms with Crippen LogP contribution in [0.3, 0.4) is 0 Å². The van der Waals surface area contributed by atoms with E-state index < -0.39 is 18.5 Å². The molecule has 32 heavy (non-hydrogen) atoms. The van der Waals surface area contributed by atoms with E-state index in [1.807, 2.05) is 13.0 Å². The van der Waals surface area contributed by atoms with Crippen molar-refractivity contribution in [1.82, 2.24) is 0 Å². The molecule has 1 aliphatic rings. The number of esters is 1. The van der Waals surface area contributed by atoms with Gasteiger partial charge < -0.3 is 19.7 Å². The third-order valence-electron chi connectivity index (χ3n) is 4.85. The molecular weight excluding hydrogens is 410 g/mol. The molecule has 1 saturated carbocycles. The number of nitrogens with one attached hydrogen (secondary N) is 1. The number of nitrogens with zero attached hydrogens (tertiary/aromatic N) is 2. The zero-order valence-electron chi connectivity index (χ0n) is 17.9. The Bertz CT molecular complexity index is 1010. The van der Waals surface area contributed by atoms with Gasteiger partial charge in [-0.25, -0.2) is 4.79 Å². The predicted molar refractivity (Wildman–Crippen MR) is 118 cm³/mol. The number of hydrogen-bond donors (Lipinski definition) is 1. The Morgan fingerprint density at radius 2 is 1.91 bits per heavy atom. The summed E-state index contributed by atoms with van der Waals surface area (Å²) in [4.78, 5) is 38.5. The van der Waals surface area contributed by atoms with Gasteiger partial charge in [-0.15, -0.1) is 0 Å². The second-order valence-corrected chi connectivity index (χ2v) is 7.30. The Morgan fingerprint density at radius 1 is 1.16 bits per heavy atom. The third-order valence-corrected chi connectivity index (χ3v) is 4.85. The Balaban J connectivity index is 1.61. The molecule has 0 unspecified atom stereocenters. The van der Waals surface area contributed by atoms with Gasteiger partial charge in [0.25, 0.3) is 5.91 Å². The van der Waals surface area contributed by atoms with Crippen LogP contribution in [0.2, 0.25) is 0 Å². The number of hydrogen-bond acceptors (Lipinski definition) is 6. The van der Waals surface area contributed by atoms with E-state index in [1.54, 1.807) is 42.5 Å². The van der Waals surface area contributed by atoms with Gasteiger partial charge in [0.15, 0.2) is 6.61 Å². The molecular formula is C24H25N3O5. The number of carbonyl (C=O) groups excluding carboxylic acids is 3. The minimum absolute atomic E-state index is 0.0465. The second kappa shape index (κ2) is 11.0. The molecule has 3 rings (SSSR count). The summed E-state index contributed by atoms with van der Waals surface area (Å²) in [6, 6.07) is 15.3. The van der Waals surface area contributed by atoms with Crippen molar-refractivity contribution in [2.24, 2.45) is 5.92 Å². The van der Waals surface area contributed by atoms with Crippen molar-refractivity contribution in [1.29, 1.82) is 5.26 Å². The Morgan fingerprint density at radius 3 is 2.56 bits per heavy atom. The first-order chi connectivity index (χ1) is 15.5. The van der Waals surface area contributed by atoms with E-state index in [-0.39, 0.29) is 30.4 Å². The predicted octanol–water partition coefficient (Wildman–Crippen LogP) is 3.54. The van der Waals surface area contributed by atoms with Crippen LogP contribution >= 0.6 is 0 Å². The van der Waals surface area contributed by atoms with Crippen molar-refractivity contribution in [2.45, 2.75) is 26.2 Å². The van der Waals surface area contributed by atoms with Gasteiger partial charge in [0.1, 0.15) is 5.75 Å².